The van der Waals surface area contributed by atoms with Gasteiger partial charge in [-0.15, -0.1) is 0 Å². The van der Waals surface area contributed by atoms with Crippen molar-refractivity contribution in [3.05, 3.63) is 41.6 Å². The number of furan rings is 1. The topological polar surface area (TPSA) is 67.4 Å². The van der Waals surface area contributed by atoms with Crippen LogP contribution in [0.15, 0.2) is 34.0 Å². The average molecular weight is 315 g/mol. The molecule has 0 aliphatic heterocycles. The second-order valence-corrected chi connectivity index (χ2v) is 4.53. The first-order valence-corrected chi connectivity index (χ1v) is 6.46. The van der Waals surface area contributed by atoms with Crippen LogP contribution in [0.4, 0.5) is 13.2 Å². The van der Waals surface area contributed by atoms with Gasteiger partial charge in [-0.25, -0.2) is 0 Å². The Morgan fingerprint density at radius 3 is 2.68 bits per heavy atom. The zero-order valence-electron chi connectivity index (χ0n) is 12.1. The molecular weight excluding hydrogens is 299 g/mol. The Labute approximate surface area is 125 Å². The highest BCUT2D eigenvalue weighted by Crippen LogP contribution is 2.30. The van der Waals surface area contributed by atoms with E-state index in [1.165, 1.54) is 20.3 Å². The summed E-state index contributed by atoms with van der Waals surface area (Å²) in [5, 5.41) is 9.21. The molecule has 0 aromatic carbocycles. The number of rotatable bonds is 4. The fourth-order valence-corrected chi connectivity index (χ4v) is 1.89. The average Bonchev–Trinajstić information content (AvgIpc) is 3.07. The Morgan fingerprint density at radius 1 is 1.36 bits per heavy atom. The Bertz CT molecular complexity index is 631. The Kier molecular flexibility index (Phi) is 4.74. The SMILES string of the molecule is CN=C(NCc1ccco1)NCc1cn(C)nc1C(F)(F)F. The third-order valence-corrected chi connectivity index (χ3v) is 2.85. The number of nitrogens with zero attached hydrogens (tertiary/aromatic N) is 3. The number of alkyl halides is 3. The molecule has 0 radical (unpaired) electrons. The first-order chi connectivity index (χ1) is 10.4. The van der Waals surface area contributed by atoms with Gasteiger partial charge in [-0.1, -0.05) is 0 Å². The predicted molar refractivity (Wildman–Crippen MR) is 74.0 cm³/mol. The van der Waals surface area contributed by atoms with Crippen LogP contribution in [0.1, 0.15) is 17.0 Å². The zero-order chi connectivity index (χ0) is 16.2. The van der Waals surface area contributed by atoms with Gasteiger partial charge >= 0.3 is 6.18 Å². The standard InChI is InChI=1S/C13H16F3N5O/c1-17-12(19-7-10-4-3-5-22-10)18-6-9-8-21(2)20-11(9)13(14,15)16/h3-5,8H,6-7H2,1-2H3,(H2,17,18,19). The molecule has 0 atom stereocenters. The molecule has 6 nitrogen and oxygen atoms in total. The van der Waals surface area contributed by atoms with Gasteiger partial charge in [0.1, 0.15) is 5.76 Å². The summed E-state index contributed by atoms with van der Waals surface area (Å²) in [7, 11) is 2.98. The van der Waals surface area contributed by atoms with E-state index in [2.05, 4.69) is 20.7 Å². The monoisotopic (exact) mass is 315 g/mol. The van der Waals surface area contributed by atoms with E-state index in [9.17, 15) is 13.2 Å². The molecule has 0 amide bonds. The normalized spacial score (nSPS) is 12.5. The minimum Gasteiger partial charge on any atom is -0.467 e. The second kappa shape index (κ2) is 6.54. The second-order valence-electron chi connectivity index (χ2n) is 4.53. The van der Waals surface area contributed by atoms with Crippen molar-refractivity contribution in [3.8, 4) is 0 Å². The van der Waals surface area contributed by atoms with Gasteiger partial charge in [-0.2, -0.15) is 18.3 Å². The number of aliphatic imine (C=N–C) groups is 1. The van der Waals surface area contributed by atoms with Crippen molar-refractivity contribution in [2.75, 3.05) is 7.05 Å². The number of hydrogen-bond donors (Lipinski definition) is 2. The van der Waals surface area contributed by atoms with Gasteiger partial charge in [0.2, 0.25) is 0 Å². The largest absolute Gasteiger partial charge is 0.467 e. The van der Waals surface area contributed by atoms with Crippen LogP contribution in [0.5, 0.6) is 0 Å². The fraction of sp³-hybridized carbons (Fsp3) is 0.385. The summed E-state index contributed by atoms with van der Waals surface area (Å²) in [6.07, 6.45) is -1.61. The summed E-state index contributed by atoms with van der Waals surface area (Å²) < 4.78 is 44.8. The molecule has 22 heavy (non-hydrogen) atoms. The van der Waals surface area contributed by atoms with E-state index in [4.69, 9.17) is 4.42 Å². The summed E-state index contributed by atoms with van der Waals surface area (Å²) >= 11 is 0. The molecule has 0 fully saturated rings. The number of nitrogens with one attached hydrogen (secondary N) is 2. The molecule has 0 aliphatic carbocycles. The van der Waals surface area contributed by atoms with Crippen LogP contribution in [-0.2, 0) is 26.3 Å². The van der Waals surface area contributed by atoms with E-state index in [0.29, 0.717) is 18.3 Å². The highest BCUT2D eigenvalue weighted by molar-refractivity contribution is 5.79. The maximum absolute atomic E-state index is 12.8. The van der Waals surface area contributed by atoms with Gasteiger partial charge in [0.05, 0.1) is 12.8 Å². The number of aryl methyl sites for hydroxylation is 1. The van der Waals surface area contributed by atoms with Crippen LogP contribution in [0.25, 0.3) is 0 Å². The lowest BCUT2D eigenvalue weighted by Crippen LogP contribution is -2.36. The molecule has 0 aliphatic rings. The Balaban J connectivity index is 1.96. The van der Waals surface area contributed by atoms with Crippen LogP contribution in [0, 0.1) is 0 Å². The number of aromatic nitrogens is 2. The number of guanidine groups is 1. The summed E-state index contributed by atoms with van der Waals surface area (Å²) in [4.78, 5) is 3.95. The van der Waals surface area contributed by atoms with E-state index < -0.39 is 11.9 Å². The van der Waals surface area contributed by atoms with Crippen molar-refractivity contribution in [2.24, 2.45) is 12.0 Å². The van der Waals surface area contributed by atoms with Gasteiger partial charge in [0.15, 0.2) is 11.7 Å². The number of halogens is 3. The van der Waals surface area contributed by atoms with Crippen LogP contribution in [0.3, 0.4) is 0 Å². The van der Waals surface area contributed by atoms with E-state index in [-0.39, 0.29) is 12.1 Å². The molecule has 2 rings (SSSR count). The van der Waals surface area contributed by atoms with Crippen molar-refractivity contribution in [3.63, 3.8) is 0 Å². The molecule has 9 heteroatoms. The third-order valence-electron chi connectivity index (χ3n) is 2.85. The predicted octanol–water partition coefficient (Wildman–Crippen LogP) is 1.90. The Morgan fingerprint density at radius 2 is 2.09 bits per heavy atom. The molecule has 2 N–H and O–H groups in total. The third kappa shape index (κ3) is 4.03. The highest BCUT2D eigenvalue weighted by Gasteiger charge is 2.36. The quantitative estimate of drug-likeness (QED) is 0.668. The van der Waals surface area contributed by atoms with E-state index in [0.717, 1.165) is 4.68 Å². The van der Waals surface area contributed by atoms with Crippen LogP contribution < -0.4 is 10.6 Å². The highest BCUT2D eigenvalue weighted by atomic mass is 19.4. The zero-order valence-corrected chi connectivity index (χ0v) is 12.1. The summed E-state index contributed by atoms with van der Waals surface area (Å²) in [6.45, 7) is 0.340. The molecular formula is C13H16F3N5O. The molecule has 2 heterocycles. The summed E-state index contributed by atoms with van der Waals surface area (Å²) in [5.74, 6) is 1.06. The fourth-order valence-electron chi connectivity index (χ4n) is 1.89. The molecule has 120 valence electrons. The van der Waals surface area contributed by atoms with E-state index in [1.807, 2.05) is 0 Å². The minimum atomic E-state index is -4.48. The van der Waals surface area contributed by atoms with Crippen molar-refractivity contribution in [1.29, 1.82) is 0 Å². The van der Waals surface area contributed by atoms with Gasteiger partial charge in [-0.3, -0.25) is 9.67 Å². The number of hydrogen-bond acceptors (Lipinski definition) is 3. The van der Waals surface area contributed by atoms with Crippen molar-refractivity contribution >= 4 is 5.96 Å². The molecule has 2 aromatic rings. The summed E-state index contributed by atoms with van der Waals surface area (Å²) in [5.41, 5.74) is -0.847. The van der Waals surface area contributed by atoms with E-state index >= 15 is 0 Å². The van der Waals surface area contributed by atoms with Gasteiger partial charge < -0.3 is 15.1 Å². The van der Waals surface area contributed by atoms with Crippen LogP contribution >= 0.6 is 0 Å². The van der Waals surface area contributed by atoms with Crippen molar-refractivity contribution in [1.82, 2.24) is 20.4 Å². The summed E-state index contributed by atoms with van der Waals surface area (Å²) in [6, 6.07) is 3.53. The molecule has 0 unspecified atom stereocenters. The molecule has 2 aromatic heterocycles. The van der Waals surface area contributed by atoms with Crippen LogP contribution in [-0.4, -0.2) is 22.8 Å². The minimum absolute atomic E-state index is 0.0412. The molecule has 0 saturated heterocycles. The van der Waals surface area contributed by atoms with Gasteiger partial charge in [-0.05, 0) is 12.1 Å². The lowest BCUT2D eigenvalue weighted by Gasteiger charge is -2.11. The van der Waals surface area contributed by atoms with Crippen molar-refractivity contribution in [2.45, 2.75) is 19.3 Å². The lowest BCUT2D eigenvalue weighted by molar-refractivity contribution is -0.142. The van der Waals surface area contributed by atoms with Crippen molar-refractivity contribution < 1.29 is 17.6 Å². The van der Waals surface area contributed by atoms with Gasteiger partial charge in [0.25, 0.3) is 0 Å². The van der Waals surface area contributed by atoms with Crippen LogP contribution in [0.2, 0.25) is 0 Å². The molecule has 0 bridgehead atoms. The lowest BCUT2D eigenvalue weighted by atomic mass is 10.2. The maximum Gasteiger partial charge on any atom is 0.435 e. The first kappa shape index (κ1) is 15.9. The molecule has 0 spiro atoms. The smallest absolute Gasteiger partial charge is 0.435 e. The maximum atomic E-state index is 12.8. The molecule has 0 saturated carbocycles. The Hall–Kier alpha value is -2.45. The first-order valence-electron chi connectivity index (χ1n) is 6.46. The van der Waals surface area contributed by atoms with E-state index in [1.54, 1.807) is 18.4 Å². The van der Waals surface area contributed by atoms with Gasteiger partial charge in [0, 0.05) is 32.4 Å².